The monoisotopic (exact) mass is 295 g/mol. The van der Waals surface area contributed by atoms with E-state index in [1.54, 1.807) is 0 Å². The summed E-state index contributed by atoms with van der Waals surface area (Å²) in [6.07, 6.45) is 1.37. The average Bonchev–Trinajstić information content (AvgIpc) is 2.52. The third-order valence-electron chi connectivity index (χ3n) is 3.57. The van der Waals surface area contributed by atoms with Crippen LogP contribution in [-0.2, 0) is 11.2 Å². The SMILES string of the molecule is CCc1ccc(C(=O)CCC(=O)Nc2cccc(C)c2)cc1. The fourth-order valence-electron chi connectivity index (χ4n) is 2.24. The molecule has 3 nitrogen and oxygen atoms in total. The molecule has 114 valence electrons. The van der Waals surface area contributed by atoms with Gasteiger partial charge < -0.3 is 5.32 Å². The zero-order valence-electron chi connectivity index (χ0n) is 13.1. The number of amides is 1. The molecule has 2 rings (SSSR count). The van der Waals surface area contributed by atoms with Crippen molar-refractivity contribution in [3.8, 4) is 0 Å². The second-order valence-electron chi connectivity index (χ2n) is 5.39. The number of carbonyl (C=O) groups is 2. The number of hydrogen-bond acceptors (Lipinski definition) is 2. The molecule has 0 aliphatic rings. The molecule has 2 aromatic carbocycles. The highest BCUT2D eigenvalue weighted by molar-refractivity contribution is 6.00. The summed E-state index contributed by atoms with van der Waals surface area (Å²) in [6, 6.07) is 15.2. The Kier molecular flexibility index (Phi) is 5.48. The van der Waals surface area contributed by atoms with Crippen molar-refractivity contribution in [2.24, 2.45) is 0 Å². The predicted molar refractivity (Wildman–Crippen MR) is 89.2 cm³/mol. The van der Waals surface area contributed by atoms with Crippen molar-refractivity contribution in [1.82, 2.24) is 0 Å². The highest BCUT2D eigenvalue weighted by Gasteiger charge is 2.09. The number of ketones is 1. The first kappa shape index (κ1) is 16.0. The Morgan fingerprint density at radius 2 is 1.73 bits per heavy atom. The number of hydrogen-bond donors (Lipinski definition) is 1. The van der Waals surface area contributed by atoms with Crippen molar-refractivity contribution in [3.63, 3.8) is 0 Å². The minimum Gasteiger partial charge on any atom is -0.326 e. The third kappa shape index (κ3) is 4.55. The van der Waals surface area contributed by atoms with E-state index in [0.29, 0.717) is 5.56 Å². The maximum absolute atomic E-state index is 12.1. The third-order valence-corrected chi connectivity index (χ3v) is 3.57. The molecular weight excluding hydrogens is 274 g/mol. The highest BCUT2D eigenvalue weighted by atomic mass is 16.2. The second kappa shape index (κ2) is 7.55. The number of Topliss-reactive ketones (excluding diaryl/α,β-unsaturated/α-hetero) is 1. The fourth-order valence-corrected chi connectivity index (χ4v) is 2.24. The maximum atomic E-state index is 12.1. The van der Waals surface area contributed by atoms with E-state index in [0.717, 1.165) is 17.7 Å². The van der Waals surface area contributed by atoms with Gasteiger partial charge in [-0.1, -0.05) is 43.3 Å². The van der Waals surface area contributed by atoms with Crippen LogP contribution in [0.25, 0.3) is 0 Å². The van der Waals surface area contributed by atoms with Crippen molar-refractivity contribution in [2.45, 2.75) is 33.1 Å². The zero-order chi connectivity index (χ0) is 15.9. The summed E-state index contributed by atoms with van der Waals surface area (Å²) >= 11 is 0. The van der Waals surface area contributed by atoms with Crippen molar-refractivity contribution >= 4 is 17.4 Å². The van der Waals surface area contributed by atoms with Crippen LogP contribution < -0.4 is 5.32 Å². The normalized spacial score (nSPS) is 10.3. The zero-order valence-corrected chi connectivity index (χ0v) is 13.1. The molecule has 0 bridgehead atoms. The Hall–Kier alpha value is -2.42. The Morgan fingerprint density at radius 1 is 1.00 bits per heavy atom. The van der Waals surface area contributed by atoms with Gasteiger partial charge in [-0.3, -0.25) is 9.59 Å². The van der Waals surface area contributed by atoms with Crippen LogP contribution in [0, 0.1) is 6.92 Å². The molecule has 22 heavy (non-hydrogen) atoms. The van der Waals surface area contributed by atoms with E-state index in [1.165, 1.54) is 5.56 Å². The molecule has 0 heterocycles. The van der Waals surface area contributed by atoms with Crippen molar-refractivity contribution in [1.29, 1.82) is 0 Å². The van der Waals surface area contributed by atoms with Crippen LogP contribution in [0.15, 0.2) is 48.5 Å². The molecule has 0 saturated carbocycles. The van der Waals surface area contributed by atoms with E-state index in [-0.39, 0.29) is 24.5 Å². The Bertz CT molecular complexity index is 659. The van der Waals surface area contributed by atoms with E-state index in [1.807, 2.05) is 55.5 Å². The number of nitrogens with one attached hydrogen (secondary N) is 1. The van der Waals surface area contributed by atoms with Crippen molar-refractivity contribution in [3.05, 3.63) is 65.2 Å². The second-order valence-corrected chi connectivity index (χ2v) is 5.39. The molecule has 3 heteroatoms. The van der Waals surface area contributed by atoms with Crippen molar-refractivity contribution in [2.75, 3.05) is 5.32 Å². The number of rotatable bonds is 6. The lowest BCUT2D eigenvalue weighted by Gasteiger charge is -2.06. The maximum Gasteiger partial charge on any atom is 0.224 e. The summed E-state index contributed by atoms with van der Waals surface area (Å²) in [5, 5.41) is 2.82. The summed E-state index contributed by atoms with van der Waals surface area (Å²) in [5.41, 5.74) is 3.73. The molecule has 0 unspecified atom stereocenters. The van der Waals surface area contributed by atoms with Crippen LogP contribution in [0.4, 0.5) is 5.69 Å². The lowest BCUT2D eigenvalue weighted by Crippen LogP contribution is -2.13. The van der Waals surface area contributed by atoms with Gasteiger partial charge in [-0.15, -0.1) is 0 Å². The van der Waals surface area contributed by atoms with Crippen LogP contribution >= 0.6 is 0 Å². The van der Waals surface area contributed by atoms with Gasteiger partial charge in [0.25, 0.3) is 0 Å². The quantitative estimate of drug-likeness (QED) is 0.813. The van der Waals surface area contributed by atoms with Gasteiger partial charge in [0, 0.05) is 24.1 Å². The predicted octanol–water partition coefficient (Wildman–Crippen LogP) is 4.16. The standard InChI is InChI=1S/C19H21NO2/c1-3-15-7-9-16(10-8-15)18(21)11-12-19(22)20-17-6-4-5-14(2)13-17/h4-10,13H,3,11-12H2,1-2H3,(H,20,22). The van der Waals surface area contributed by atoms with Crippen molar-refractivity contribution < 1.29 is 9.59 Å². The largest absolute Gasteiger partial charge is 0.326 e. The van der Waals surface area contributed by atoms with E-state index in [4.69, 9.17) is 0 Å². The van der Waals surface area contributed by atoms with Gasteiger partial charge in [0.2, 0.25) is 5.91 Å². The molecule has 0 radical (unpaired) electrons. The average molecular weight is 295 g/mol. The van der Waals surface area contributed by atoms with E-state index >= 15 is 0 Å². The molecule has 2 aromatic rings. The minimum absolute atomic E-state index is 0.00189. The lowest BCUT2D eigenvalue weighted by molar-refractivity contribution is -0.116. The summed E-state index contributed by atoms with van der Waals surface area (Å²) in [6.45, 7) is 4.05. The molecule has 0 saturated heterocycles. The molecule has 1 N–H and O–H groups in total. The molecule has 0 atom stereocenters. The molecule has 0 fully saturated rings. The van der Waals surface area contributed by atoms with Crippen LogP contribution in [0.3, 0.4) is 0 Å². The molecule has 0 aliphatic carbocycles. The topological polar surface area (TPSA) is 46.2 Å². The van der Waals surface area contributed by atoms with Gasteiger partial charge in [-0.2, -0.15) is 0 Å². The van der Waals surface area contributed by atoms with Gasteiger partial charge in [-0.05, 0) is 36.6 Å². The molecule has 0 aromatic heterocycles. The summed E-state index contributed by atoms with van der Waals surface area (Å²) in [4.78, 5) is 24.0. The van der Waals surface area contributed by atoms with Gasteiger partial charge in [0.15, 0.2) is 5.78 Å². The summed E-state index contributed by atoms with van der Waals surface area (Å²) < 4.78 is 0. The first-order chi connectivity index (χ1) is 10.6. The first-order valence-corrected chi connectivity index (χ1v) is 7.57. The minimum atomic E-state index is -0.135. The number of carbonyl (C=O) groups excluding carboxylic acids is 2. The Balaban J connectivity index is 1.86. The number of anilines is 1. The molecule has 0 spiro atoms. The summed E-state index contributed by atoms with van der Waals surface area (Å²) in [5.74, 6) is -0.133. The van der Waals surface area contributed by atoms with Crippen LogP contribution in [0.1, 0.15) is 41.3 Å². The molecule has 0 aliphatic heterocycles. The van der Waals surface area contributed by atoms with Gasteiger partial charge >= 0.3 is 0 Å². The van der Waals surface area contributed by atoms with E-state index in [9.17, 15) is 9.59 Å². The highest BCUT2D eigenvalue weighted by Crippen LogP contribution is 2.12. The van der Waals surface area contributed by atoms with Gasteiger partial charge in [0.05, 0.1) is 0 Å². The van der Waals surface area contributed by atoms with Gasteiger partial charge in [-0.25, -0.2) is 0 Å². The number of aryl methyl sites for hydroxylation is 2. The smallest absolute Gasteiger partial charge is 0.224 e. The van der Waals surface area contributed by atoms with E-state index < -0.39 is 0 Å². The summed E-state index contributed by atoms with van der Waals surface area (Å²) in [7, 11) is 0. The van der Waals surface area contributed by atoms with Gasteiger partial charge in [0.1, 0.15) is 0 Å². The first-order valence-electron chi connectivity index (χ1n) is 7.57. The van der Waals surface area contributed by atoms with Crippen LogP contribution in [0.5, 0.6) is 0 Å². The van der Waals surface area contributed by atoms with E-state index in [2.05, 4.69) is 12.2 Å². The Morgan fingerprint density at radius 3 is 2.36 bits per heavy atom. The number of benzene rings is 2. The van der Waals surface area contributed by atoms with Crippen LogP contribution in [0.2, 0.25) is 0 Å². The van der Waals surface area contributed by atoms with Crippen LogP contribution in [-0.4, -0.2) is 11.7 Å². The Labute approximate surface area is 131 Å². The molecule has 1 amide bonds. The lowest BCUT2D eigenvalue weighted by atomic mass is 10.0. The molecular formula is C19H21NO2. The fraction of sp³-hybridized carbons (Fsp3) is 0.263.